The van der Waals surface area contributed by atoms with Crippen molar-refractivity contribution in [2.75, 3.05) is 0 Å². The van der Waals surface area contributed by atoms with Crippen LogP contribution in [-0.4, -0.2) is 9.91 Å². The lowest BCUT2D eigenvalue weighted by molar-refractivity contribution is -0.384. The van der Waals surface area contributed by atoms with E-state index in [4.69, 9.17) is 11.6 Å². The summed E-state index contributed by atoms with van der Waals surface area (Å²) in [6, 6.07) is 4.28. The predicted molar refractivity (Wildman–Crippen MR) is 70.8 cm³/mol. The summed E-state index contributed by atoms with van der Waals surface area (Å²) < 4.78 is 40.3. The minimum Gasteiger partial charge on any atom is -0.258 e. The SMILES string of the molecule is O=[N+]([O-])c1ccc2nc3c(F)c(F)c(F)cc3c(Cl)c2c1. The highest BCUT2D eigenvalue weighted by atomic mass is 35.5. The lowest BCUT2D eigenvalue weighted by Crippen LogP contribution is -1.96. The molecule has 2 aromatic carbocycles. The van der Waals surface area contributed by atoms with Gasteiger partial charge in [-0.1, -0.05) is 11.6 Å². The van der Waals surface area contributed by atoms with Crippen LogP contribution in [0.15, 0.2) is 24.3 Å². The van der Waals surface area contributed by atoms with Crippen LogP contribution in [-0.2, 0) is 0 Å². The molecular weight excluding hydrogens is 309 g/mol. The maximum Gasteiger partial charge on any atom is 0.270 e. The summed E-state index contributed by atoms with van der Waals surface area (Å²) >= 11 is 6.03. The molecule has 0 aliphatic rings. The second-order valence-electron chi connectivity index (χ2n) is 4.27. The molecule has 106 valence electrons. The quantitative estimate of drug-likeness (QED) is 0.290. The number of non-ortho nitro benzene ring substituents is 1. The molecule has 0 bridgehead atoms. The summed E-state index contributed by atoms with van der Waals surface area (Å²) in [6.07, 6.45) is 0. The fraction of sp³-hybridized carbons (Fsp3) is 0. The van der Waals surface area contributed by atoms with Gasteiger partial charge in [-0.05, 0) is 12.1 Å². The van der Waals surface area contributed by atoms with Crippen molar-refractivity contribution >= 4 is 39.1 Å². The third-order valence-electron chi connectivity index (χ3n) is 3.03. The Balaban J connectivity index is 2.49. The topological polar surface area (TPSA) is 56.0 Å². The molecule has 0 saturated carbocycles. The van der Waals surface area contributed by atoms with Gasteiger partial charge in [0.05, 0.1) is 15.5 Å². The summed E-state index contributed by atoms with van der Waals surface area (Å²) in [6.45, 7) is 0. The molecule has 0 spiro atoms. The van der Waals surface area contributed by atoms with E-state index >= 15 is 0 Å². The number of pyridine rings is 1. The van der Waals surface area contributed by atoms with Gasteiger partial charge in [-0.15, -0.1) is 0 Å². The van der Waals surface area contributed by atoms with E-state index < -0.39 is 27.9 Å². The Hall–Kier alpha value is -2.41. The van der Waals surface area contributed by atoms with Crippen molar-refractivity contribution in [1.29, 1.82) is 0 Å². The van der Waals surface area contributed by atoms with Gasteiger partial charge < -0.3 is 0 Å². The Morgan fingerprint density at radius 2 is 1.81 bits per heavy atom. The molecule has 0 atom stereocenters. The minimum atomic E-state index is -1.65. The van der Waals surface area contributed by atoms with Gasteiger partial charge in [-0.3, -0.25) is 10.1 Å². The molecule has 0 aliphatic carbocycles. The highest BCUT2D eigenvalue weighted by Crippen LogP contribution is 2.34. The second kappa shape index (κ2) is 4.56. The van der Waals surface area contributed by atoms with Crippen LogP contribution < -0.4 is 0 Å². The monoisotopic (exact) mass is 312 g/mol. The van der Waals surface area contributed by atoms with Crippen molar-refractivity contribution in [3.8, 4) is 0 Å². The molecule has 1 aromatic heterocycles. The maximum absolute atomic E-state index is 13.7. The Kier molecular flexibility index (Phi) is 2.94. The highest BCUT2D eigenvalue weighted by molar-refractivity contribution is 6.40. The second-order valence-corrected chi connectivity index (χ2v) is 4.64. The first-order valence-corrected chi connectivity index (χ1v) is 5.99. The number of nitrogens with zero attached hydrogens (tertiary/aromatic N) is 2. The van der Waals surface area contributed by atoms with Crippen LogP contribution in [0.3, 0.4) is 0 Å². The third-order valence-corrected chi connectivity index (χ3v) is 3.44. The molecule has 3 aromatic rings. The zero-order valence-electron chi connectivity index (χ0n) is 10.0. The molecule has 8 heteroatoms. The van der Waals surface area contributed by atoms with Crippen LogP contribution in [0.5, 0.6) is 0 Å². The van der Waals surface area contributed by atoms with Crippen molar-refractivity contribution in [2.24, 2.45) is 0 Å². The van der Waals surface area contributed by atoms with E-state index in [9.17, 15) is 23.3 Å². The predicted octanol–water partition coefficient (Wildman–Crippen LogP) is 4.37. The van der Waals surface area contributed by atoms with Gasteiger partial charge in [0.15, 0.2) is 17.5 Å². The van der Waals surface area contributed by atoms with Gasteiger partial charge >= 0.3 is 0 Å². The molecule has 4 nitrogen and oxygen atoms in total. The first kappa shape index (κ1) is 13.6. The normalized spacial score (nSPS) is 11.2. The lowest BCUT2D eigenvalue weighted by atomic mass is 10.1. The van der Waals surface area contributed by atoms with Crippen molar-refractivity contribution in [2.45, 2.75) is 0 Å². The Bertz CT molecular complexity index is 931. The Morgan fingerprint density at radius 1 is 1.10 bits per heavy atom. The molecular formula is C13H4ClF3N2O2. The van der Waals surface area contributed by atoms with E-state index in [1.165, 1.54) is 6.07 Å². The minimum absolute atomic E-state index is 0.128. The zero-order chi connectivity index (χ0) is 15.3. The summed E-state index contributed by atoms with van der Waals surface area (Å²) in [5, 5.41) is 10.6. The van der Waals surface area contributed by atoms with E-state index in [0.29, 0.717) is 6.07 Å². The maximum atomic E-state index is 13.7. The van der Waals surface area contributed by atoms with Gasteiger partial charge in [0, 0.05) is 22.9 Å². The summed E-state index contributed by atoms with van der Waals surface area (Å²) in [5.74, 6) is -4.51. The zero-order valence-corrected chi connectivity index (χ0v) is 10.8. The van der Waals surface area contributed by atoms with Crippen molar-refractivity contribution in [1.82, 2.24) is 4.98 Å². The van der Waals surface area contributed by atoms with Crippen LogP contribution in [0, 0.1) is 27.6 Å². The molecule has 0 radical (unpaired) electrons. The molecule has 0 saturated heterocycles. The first-order valence-electron chi connectivity index (χ1n) is 5.61. The van der Waals surface area contributed by atoms with Crippen LogP contribution in [0.4, 0.5) is 18.9 Å². The average molecular weight is 313 g/mol. The summed E-state index contributed by atoms with van der Waals surface area (Å²) in [7, 11) is 0. The smallest absolute Gasteiger partial charge is 0.258 e. The van der Waals surface area contributed by atoms with Gasteiger partial charge in [-0.2, -0.15) is 0 Å². The number of hydrogen-bond acceptors (Lipinski definition) is 3. The molecule has 21 heavy (non-hydrogen) atoms. The standard InChI is InChI=1S/C13H4ClF3N2O2/c14-10-6-3-5(19(20)21)1-2-9(6)18-13-7(10)4-8(15)11(16)12(13)17/h1-4H. The van der Waals surface area contributed by atoms with Crippen LogP contribution >= 0.6 is 11.6 Å². The fourth-order valence-electron chi connectivity index (χ4n) is 2.04. The van der Waals surface area contributed by atoms with Crippen molar-refractivity contribution in [3.63, 3.8) is 0 Å². The molecule has 0 fully saturated rings. The number of nitro groups is 1. The highest BCUT2D eigenvalue weighted by Gasteiger charge is 2.19. The number of hydrogen-bond donors (Lipinski definition) is 0. The molecule has 3 rings (SSSR count). The van der Waals surface area contributed by atoms with Gasteiger partial charge in [0.2, 0.25) is 0 Å². The lowest BCUT2D eigenvalue weighted by Gasteiger charge is -2.07. The van der Waals surface area contributed by atoms with E-state index in [2.05, 4.69) is 4.98 Å². The van der Waals surface area contributed by atoms with Gasteiger partial charge in [-0.25, -0.2) is 18.2 Å². The largest absolute Gasteiger partial charge is 0.270 e. The Morgan fingerprint density at radius 3 is 2.48 bits per heavy atom. The van der Waals surface area contributed by atoms with Crippen LogP contribution in [0.2, 0.25) is 5.02 Å². The van der Waals surface area contributed by atoms with Gasteiger partial charge in [0.25, 0.3) is 5.69 Å². The van der Waals surface area contributed by atoms with Gasteiger partial charge in [0.1, 0.15) is 5.52 Å². The number of nitro benzene ring substituents is 1. The van der Waals surface area contributed by atoms with Crippen LogP contribution in [0.25, 0.3) is 21.8 Å². The molecule has 0 aliphatic heterocycles. The molecule has 0 unspecified atom stereocenters. The van der Waals surface area contributed by atoms with Crippen molar-refractivity contribution in [3.05, 3.63) is 56.9 Å². The first-order chi connectivity index (χ1) is 9.90. The number of aromatic nitrogens is 1. The Labute approximate surface area is 119 Å². The molecule has 0 amide bonds. The van der Waals surface area contributed by atoms with E-state index in [0.717, 1.165) is 12.1 Å². The number of benzene rings is 2. The number of halogens is 4. The third kappa shape index (κ3) is 1.97. The summed E-state index contributed by atoms with van der Waals surface area (Å²) in [5.41, 5.74) is -0.531. The number of fused-ring (bicyclic) bond motifs is 2. The summed E-state index contributed by atoms with van der Waals surface area (Å²) in [4.78, 5) is 14.0. The average Bonchev–Trinajstić information content (AvgIpc) is 2.46. The van der Waals surface area contributed by atoms with E-state index in [1.807, 2.05) is 0 Å². The van der Waals surface area contributed by atoms with Crippen LogP contribution in [0.1, 0.15) is 0 Å². The van der Waals surface area contributed by atoms with Crippen molar-refractivity contribution < 1.29 is 18.1 Å². The van der Waals surface area contributed by atoms with E-state index in [-0.39, 0.29) is 27.0 Å². The fourth-order valence-corrected chi connectivity index (χ4v) is 2.33. The number of rotatable bonds is 1. The van der Waals surface area contributed by atoms with E-state index in [1.54, 1.807) is 0 Å². The molecule has 0 N–H and O–H groups in total. The molecule has 1 heterocycles.